The number of rotatable bonds is 10. The largest absolute Gasteiger partial charge is 0.455 e. The van der Waals surface area contributed by atoms with Crippen LogP contribution in [0.3, 0.4) is 0 Å². The molecule has 1 amide bonds. The minimum absolute atomic E-state index is 0.0646. The molecule has 1 unspecified atom stereocenters. The second kappa shape index (κ2) is 13.6. The summed E-state index contributed by atoms with van der Waals surface area (Å²) < 4.78 is 31.3. The highest BCUT2D eigenvalue weighted by atomic mass is 19.3. The lowest BCUT2D eigenvalue weighted by atomic mass is 9.75. The molecule has 11 heteroatoms. The van der Waals surface area contributed by atoms with E-state index in [9.17, 15) is 23.5 Å². The number of esters is 1. The number of hydrogen-bond acceptors (Lipinski definition) is 8. The Labute approximate surface area is 238 Å². The Hall–Kier alpha value is -3.99. The highest BCUT2D eigenvalue weighted by molar-refractivity contribution is 5.81. The van der Waals surface area contributed by atoms with Crippen molar-refractivity contribution in [2.75, 3.05) is 32.6 Å². The van der Waals surface area contributed by atoms with E-state index < -0.39 is 6.43 Å². The Bertz CT molecular complexity index is 1340. The number of aromatic nitrogens is 3. The molecule has 1 fully saturated rings. The number of nitrogens with zero attached hydrogens (tertiary/aromatic N) is 4. The number of alkyl halides is 2. The molecule has 1 saturated carbocycles. The zero-order chi connectivity index (χ0) is 29.5. The van der Waals surface area contributed by atoms with Gasteiger partial charge in [-0.25, -0.2) is 18.7 Å². The van der Waals surface area contributed by atoms with E-state index in [-0.39, 0.29) is 54.2 Å². The highest BCUT2D eigenvalue weighted by Crippen LogP contribution is 2.38. The van der Waals surface area contributed by atoms with Gasteiger partial charge in [0.05, 0.1) is 18.2 Å². The molecule has 0 saturated heterocycles. The number of pyridine rings is 3. The Balaban J connectivity index is 1.40. The van der Waals surface area contributed by atoms with Crippen molar-refractivity contribution in [2.45, 2.75) is 45.0 Å². The Kier molecular flexibility index (Phi) is 9.93. The van der Waals surface area contributed by atoms with Crippen LogP contribution in [0.15, 0.2) is 48.8 Å². The minimum Gasteiger partial charge on any atom is -0.455 e. The lowest BCUT2D eigenvalue weighted by Gasteiger charge is -2.32. The van der Waals surface area contributed by atoms with Crippen LogP contribution in [0, 0.1) is 18.8 Å². The maximum atomic E-state index is 13.1. The summed E-state index contributed by atoms with van der Waals surface area (Å²) in [5.74, 6) is -0.124. The van der Waals surface area contributed by atoms with Gasteiger partial charge in [-0.05, 0) is 80.5 Å². The highest BCUT2D eigenvalue weighted by Gasteiger charge is 2.32. The van der Waals surface area contributed by atoms with Crippen molar-refractivity contribution in [1.82, 2.24) is 19.9 Å². The topological polar surface area (TPSA) is 118 Å². The standard InChI is InChI=1S/C30H35F2N5O4/c1-18-12-25(35-27(13-18)36-26-14-21(29(31)32)10-11-33-26)22-8-9-24(34-15-22)23(16-38)19-4-6-20(7-5-19)30(40)41-17-28(39)37(2)3/h8-15,19-20,23,29,38H,4-7,16-17H2,1-3H3,(H,33,35,36)/t19-,20-,23?. The molecule has 41 heavy (non-hydrogen) atoms. The molecule has 0 aromatic carbocycles. The van der Waals surface area contributed by atoms with Gasteiger partial charge in [0.1, 0.15) is 11.6 Å². The van der Waals surface area contributed by atoms with Gasteiger partial charge in [-0.3, -0.25) is 14.6 Å². The van der Waals surface area contributed by atoms with Gasteiger partial charge in [-0.15, -0.1) is 0 Å². The first-order valence-corrected chi connectivity index (χ1v) is 13.6. The number of aryl methyl sites for hydroxylation is 1. The summed E-state index contributed by atoms with van der Waals surface area (Å²) in [6.07, 6.45) is 3.19. The first-order valence-electron chi connectivity index (χ1n) is 13.6. The van der Waals surface area contributed by atoms with Crippen molar-refractivity contribution in [3.63, 3.8) is 0 Å². The average Bonchev–Trinajstić information content (AvgIpc) is 2.96. The first-order chi connectivity index (χ1) is 19.6. The molecule has 3 heterocycles. The number of amides is 1. The summed E-state index contributed by atoms with van der Waals surface area (Å²) >= 11 is 0. The number of aliphatic hydroxyl groups is 1. The van der Waals surface area contributed by atoms with E-state index in [0.717, 1.165) is 29.7 Å². The second-order valence-electron chi connectivity index (χ2n) is 10.6. The van der Waals surface area contributed by atoms with Crippen LogP contribution in [0.25, 0.3) is 11.3 Å². The van der Waals surface area contributed by atoms with Gasteiger partial charge in [-0.1, -0.05) is 0 Å². The Morgan fingerprint density at radius 1 is 1.07 bits per heavy atom. The minimum atomic E-state index is -2.59. The maximum absolute atomic E-state index is 13.1. The van der Waals surface area contributed by atoms with Crippen LogP contribution in [-0.2, 0) is 14.3 Å². The van der Waals surface area contributed by atoms with Crippen molar-refractivity contribution in [3.8, 4) is 11.3 Å². The fourth-order valence-corrected chi connectivity index (χ4v) is 5.06. The first kappa shape index (κ1) is 30.0. The van der Waals surface area contributed by atoms with Gasteiger partial charge in [-0.2, -0.15) is 0 Å². The molecule has 0 spiro atoms. The Morgan fingerprint density at radius 2 is 1.83 bits per heavy atom. The predicted octanol–water partition coefficient (Wildman–Crippen LogP) is 5.04. The number of carbonyl (C=O) groups is 2. The van der Waals surface area contributed by atoms with Gasteiger partial charge in [0.25, 0.3) is 12.3 Å². The fourth-order valence-electron chi connectivity index (χ4n) is 5.06. The van der Waals surface area contributed by atoms with Crippen LogP contribution >= 0.6 is 0 Å². The van der Waals surface area contributed by atoms with E-state index in [1.807, 2.05) is 25.1 Å². The molecule has 1 aliphatic rings. The summed E-state index contributed by atoms with van der Waals surface area (Å²) in [5, 5.41) is 13.2. The Morgan fingerprint density at radius 3 is 2.46 bits per heavy atom. The molecule has 4 rings (SSSR count). The quantitative estimate of drug-likeness (QED) is 0.327. The smallest absolute Gasteiger partial charge is 0.309 e. The molecule has 218 valence electrons. The third-order valence-electron chi connectivity index (χ3n) is 7.43. The molecule has 9 nitrogen and oxygen atoms in total. The van der Waals surface area contributed by atoms with Crippen LogP contribution in [-0.4, -0.2) is 64.1 Å². The number of anilines is 2. The molecule has 1 atom stereocenters. The van der Waals surface area contributed by atoms with Crippen molar-refractivity contribution in [2.24, 2.45) is 11.8 Å². The van der Waals surface area contributed by atoms with Crippen molar-refractivity contribution >= 4 is 23.5 Å². The summed E-state index contributed by atoms with van der Waals surface area (Å²) in [4.78, 5) is 38.9. The maximum Gasteiger partial charge on any atom is 0.309 e. The summed E-state index contributed by atoms with van der Waals surface area (Å²) in [6, 6.07) is 10.1. The molecular weight excluding hydrogens is 532 g/mol. The van der Waals surface area contributed by atoms with Crippen LogP contribution in [0.1, 0.15) is 54.8 Å². The third kappa shape index (κ3) is 7.81. The van der Waals surface area contributed by atoms with E-state index in [1.54, 1.807) is 26.4 Å². The van der Waals surface area contributed by atoms with E-state index in [1.165, 1.54) is 23.2 Å². The number of ether oxygens (including phenoxy) is 1. The van der Waals surface area contributed by atoms with Crippen LogP contribution in [0.4, 0.5) is 20.4 Å². The van der Waals surface area contributed by atoms with E-state index in [2.05, 4.69) is 20.3 Å². The van der Waals surface area contributed by atoms with E-state index in [4.69, 9.17) is 4.74 Å². The third-order valence-corrected chi connectivity index (χ3v) is 7.43. The molecule has 3 aromatic rings. The van der Waals surface area contributed by atoms with Crippen LogP contribution < -0.4 is 5.32 Å². The van der Waals surface area contributed by atoms with Crippen LogP contribution in [0.5, 0.6) is 0 Å². The number of halogens is 2. The summed E-state index contributed by atoms with van der Waals surface area (Å²) in [5.41, 5.74) is 2.98. The molecule has 1 aliphatic carbocycles. The number of hydrogen-bond donors (Lipinski definition) is 2. The monoisotopic (exact) mass is 567 g/mol. The molecular formula is C30H35F2N5O4. The van der Waals surface area contributed by atoms with E-state index in [0.29, 0.717) is 24.4 Å². The predicted molar refractivity (Wildman–Crippen MR) is 150 cm³/mol. The van der Waals surface area contributed by atoms with Gasteiger partial charge in [0.2, 0.25) is 0 Å². The second-order valence-corrected chi connectivity index (χ2v) is 10.6. The van der Waals surface area contributed by atoms with Crippen molar-refractivity contribution < 1.29 is 28.2 Å². The molecule has 0 radical (unpaired) electrons. The summed E-state index contributed by atoms with van der Waals surface area (Å²) in [7, 11) is 3.23. The summed E-state index contributed by atoms with van der Waals surface area (Å²) in [6.45, 7) is 1.59. The molecule has 2 N–H and O–H groups in total. The number of likely N-dealkylation sites (N-methyl/N-ethyl adjacent to an activating group) is 1. The fraction of sp³-hybridized carbons (Fsp3) is 0.433. The van der Waals surface area contributed by atoms with Crippen LogP contribution in [0.2, 0.25) is 0 Å². The molecule has 0 aliphatic heterocycles. The van der Waals surface area contributed by atoms with Gasteiger partial charge in [0, 0.05) is 49.2 Å². The normalized spacial score (nSPS) is 17.6. The zero-order valence-corrected chi connectivity index (χ0v) is 23.4. The zero-order valence-electron chi connectivity index (χ0n) is 23.4. The lowest BCUT2D eigenvalue weighted by molar-refractivity contribution is -0.155. The number of carbonyl (C=O) groups excluding carboxylic acids is 2. The van der Waals surface area contributed by atoms with E-state index >= 15 is 0 Å². The number of aliphatic hydroxyl groups excluding tert-OH is 1. The van der Waals surface area contributed by atoms with Gasteiger partial charge in [0.15, 0.2) is 6.61 Å². The molecule has 0 bridgehead atoms. The number of nitrogens with one attached hydrogen (secondary N) is 1. The van der Waals surface area contributed by atoms with Gasteiger partial charge >= 0.3 is 5.97 Å². The average molecular weight is 568 g/mol. The van der Waals surface area contributed by atoms with Crippen molar-refractivity contribution in [3.05, 3.63) is 65.6 Å². The van der Waals surface area contributed by atoms with Crippen molar-refractivity contribution in [1.29, 1.82) is 0 Å². The molecule has 3 aromatic heterocycles. The van der Waals surface area contributed by atoms with Gasteiger partial charge < -0.3 is 20.1 Å². The SMILES string of the molecule is Cc1cc(Nc2cc(C(F)F)ccn2)nc(-c2ccc(C(CO)[C@H]3CC[C@H](C(=O)OCC(=O)N(C)C)CC3)nc2)c1. The lowest BCUT2D eigenvalue weighted by Crippen LogP contribution is -2.31.